The van der Waals surface area contributed by atoms with Gasteiger partial charge in [0, 0.05) is 49.7 Å². The van der Waals surface area contributed by atoms with Gasteiger partial charge in [-0.2, -0.15) is 0 Å². The number of hydrogen-bond donors (Lipinski definition) is 2. The first-order chi connectivity index (χ1) is 30.6. The smallest absolute Gasteiger partial charge is 0.147 e. The Bertz CT molecular complexity index is 3020. The molecule has 2 N–H and O–H groups in total. The van der Waals surface area contributed by atoms with Crippen LogP contribution in [-0.2, 0) is 0 Å². The average molecular weight is 827 g/mol. The van der Waals surface area contributed by atoms with E-state index in [1.54, 1.807) is 0 Å². The minimum Gasteiger partial charge on any atom is -0.505 e. The van der Waals surface area contributed by atoms with Gasteiger partial charge >= 0.3 is 0 Å². The monoisotopic (exact) mass is 826 g/mol. The van der Waals surface area contributed by atoms with Crippen molar-refractivity contribution in [2.75, 3.05) is 13.2 Å². The molecule has 0 atom stereocenters. The molecule has 6 nitrogen and oxygen atoms in total. The zero-order valence-electron chi connectivity index (χ0n) is 36.3. The van der Waals surface area contributed by atoms with Gasteiger partial charge in [-0.05, 0) is 91.1 Å². The average Bonchev–Trinajstić information content (AvgIpc) is 3.80. The molecular formula is C57H50N2O4. The summed E-state index contributed by atoms with van der Waals surface area (Å²) in [6.07, 6.45) is 0. The van der Waals surface area contributed by atoms with E-state index in [9.17, 15) is 10.2 Å². The van der Waals surface area contributed by atoms with Gasteiger partial charge in [-0.15, -0.1) is 0 Å². The minimum absolute atomic E-state index is 0.0304. The number of fused-ring (bicyclic) bond motifs is 6. The maximum atomic E-state index is 12.2. The Morgan fingerprint density at radius 2 is 0.746 bits per heavy atom. The maximum Gasteiger partial charge on any atom is 0.147 e. The summed E-state index contributed by atoms with van der Waals surface area (Å²) in [5, 5.41) is 29.0. The standard InChI is InChI=1S/C57H50N2O4/c1-36-30-45(55(60)51(32-36)58-47-24-12-6-18-39(47)40-19-7-13-25-48(40)58)43-22-10-16-28-53(43)62-34-38(57(3,4)5)35-63-54-29-17-11-23-44(54)46-31-37(2)33-52(56(46)61)59-49-26-14-8-20-41(49)42-21-9-15-27-50(42)59/h6-33,38,60-61H,34-35H2,1-5H3. The van der Waals surface area contributed by atoms with Crippen molar-refractivity contribution in [1.29, 1.82) is 0 Å². The lowest BCUT2D eigenvalue weighted by Gasteiger charge is -2.31. The Balaban J connectivity index is 0.958. The fraction of sp³-hybridized carbons (Fsp3) is 0.158. The van der Waals surface area contributed by atoms with Crippen LogP contribution in [0.25, 0.3) is 77.2 Å². The molecule has 0 amide bonds. The molecule has 6 heteroatoms. The van der Waals surface area contributed by atoms with Crippen LogP contribution in [-0.4, -0.2) is 32.6 Å². The number of benzene rings is 8. The second-order valence-electron chi connectivity index (χ2n) is 17.8. The van der Waals surface area contributed by atoms with E-state index in [4.69, 9.17) is 9.47 Å². The summed E-state index contributed by atoms with van der Waals surface area (Å²) in [4.78, 5) is 0. The molecule has 0 radical (unpaired) electrons. The Kier molecular flexibility index (Phi) is 9.95. The van der Waals surface area contributed by atoms with Gasteiger partial charge in [-0.3, -0.25) is 0 Å². The summed E-state index contributed by atoms with van der Waals surface area (Å²) in [5.74, 6) is 1.72. The van der Waals surface area contributed by atoms with Crippen molar-refractivity contribution < 1.29 is 19.7 Å². The summed E-state index contributed by atoms with van der Waals surface area (Å²) in [5.41, 5.74) is 10.5. The van der Waals surface area contributed by atoms with Crippen molar-refractivity contribution in [2.24, 2.45) is 11.3 Å². The van der Waals surface area contributed by atoms with Crippen molar-refractivity contribution in [2.45, 2.75) is 34.6 Å². The van der Waals surface area contributed by atoms with Gasteiger partial charge < -0.3 is 28.8 Å². The van der Waals surface area contributed by atoms with Crippen LogP contribution in [0.4, 0.5) is 0 Å². The van der Waals surface area contributed by atoms with E-state index >= 15 is 0 Å². The lowest BCUT2D eigenvalue weighted by molar-refractivity contribution is 0.0926. The predicted octanol–water partition coefficient (Wildman–Crippen LogP) is 14.4. The van der Waals surface area contributed by atoms with Crippen LogP contribution in [0.5, 0.6) is 23.0 Å². The van der Waals surface area contributed by atoms with Crippen LogP contribution in [0.3, 0.4) is 0 Å². The van der Waals surface area contributed by atoms with Gasteiger partial charge in [0.05, 0.1) is 46.7 Å². The zero-order chi connectivity index (χ0) is 43.4. The maximum absolute atomic E-state index is 12.2. The number of para-hydroxylation sites is 6. The number of ether oxygens (including phenoxy) is 2. The number of phenolic OH excluding ortho intramolecular Hbond substituents is 2. The molecule has 10 rings (SSSR count). The molecule has 0 fully saturated rings. The molecule has 0 spiro atoms. The molecule has 10 aromatic rings. The largest absolute Gasteiger partial charge is 0.505 e. The van der Waals surface area contributed by atoms with Crippen LogP contribution >= 0.6 is 0 Å². The highest BCUT2D eigenvalue weighted by Crippen LogP contribution is 2.45. The molecule has 0 saturated heterocycles. The molecular weight excluding hydrogens is 777 g/mol. The number of nitrogens with zero attached hydrogens (tertiary/aromatic N) is 2. The SMILES string of the molecule is Cc1cc(-c2ccccc2OCC(COc2ccccc2-c2cc(C)cc(-n3c4ccccc4c4ccccc43)c2O)C(C)(C)C)c(O)c(-n2c3ccccc3c3ccccc32)c1. The van der Waals surface area contributed by atoms with Crippen LogP contribution in [0.2, 0.25) is 0 Å². The summed E-state index contributed by atoms with van der Waals surface area (Å²) < 4.78 is 17.9. The van der Waals surface area contributed by atoms with Gasteiger partial charge in [0.15, 0.2) is 0 Å². The molecule has 0 aliphatic rings. The van der Waals surface area contributed by atoms with Gasteiger partial charge in [0.2, 0.25) is 0 Å². The second kappa shape index (κ2) is 15.8. The van der Waals surface area contributed by atoms with E-state index in [0.29, 0.717) is 35.8 Å². The Morgan fingerprint density at radius 3 is 1.10 bits per heavy atom. The molecule has 63 heavy (non-hydrogen) atoms. The summed E-state index contributed by atoms with van der Waals surface area (Å²) in [7, 11) is 0. The highest BCUT2D eigenvalue weighted by molar-refractivity contribution is 6.10. The predicted molar refractivity (Wildman–Crippen MR) is 259 cm³/mol. The van der Waals surface area contributed by atoms with Crippen LogP contribution in [0.1, 0.15) is 31.9 Å². The Hall–Kier alpha value is -7.44. The van der Waals surface area contributed by atoms with E-state index in [-0.39, 0.29) is 22.8 Å². The molecule has 0 aliphatic carbocycles. The fourth-order valence-electron chi connectivity index (χ4n) is 9.19. The van der Waals surface area contributed by atoms with Crippen molar-refractivity contribution >= 4 is 43.6 Å². The highest BCUT2D eigenvalue weighted by atomic mass is 16.5. The molecule has 8 aromatic carbocycles. The number of hydrogen-bond acceptors (Lipinski definition) is 4. The van der Waals surface area contributed by atoms with Gasteiger partial charge in [-0.1, -0.05) is 130 Å². The zero-order valence-corrected chi connectivity index (χ0v) is 36.3. The molecule has 0 saturated carbocycles. The van der Waals surface area contributed by atoms with E-state index in [1.807, 2.05) is 97.1 Å². The number of aromatic hydroxyl groups is 2. The van der Waals surface area contributed by atoms with Crippen molar-refractivity contribution in [1.82, 2.24) is 9.13 Å². The molecule has 0 unspecified atom stereocenters. The number of rotatable bonds is 10. The summed E-state index contributed by atoms with van der Waals surface area (Å²) in [6, 6.07) is 57.4. The normalized spacial score (nSPS) is 12.0. The molecule has 312 valence electrons. The highest BCUT2D eigenvalue weighted by Gasteiger charge is 2.28. The summed E-state index contributed by atoms with van der Waals surface area (Å²) >= 11 is 0. The first-order valence-electron chi connectivity index (χ1n) is 21.7. The van der Waals surface area contributed by atoms with E-state index < -0.39 is 0 Å². The molecule has 0 bridgehead atoms. The van der Waals surface area contributed by atoms with Crippen molar-refractivity contribution in [3.8, 4) is 56.6 Å². The second-order valence-corrected chi connectivity index (χ2v) is 17.8. The third-order valence-electron chi connectivity index (χ3n) is 12.6. The molecule has 2 aromatic heterocycles. The van der Waals surface area contributed by atoms with E-state index in [0.717, 1.165) is 77.2 Å². The molecule has 0 aliphatic heterocycles. The Labute approximate surface area is 367 Å². The Morgan fingerprint density at radius 1 is 0.429 bits per heavy atom. The topological polar surface area (TPSA) is 68.8 Å². The first-order valence-corrected chi connectivity index (χ1v) is 21.7. The van der Waals surface area contributed by atoms with Gasteiger partial charge in [0.25, 0.3) is 0 Å². The quantitative estimate of drug-likeness (QED) is 0.144. The van der Waals surface area contributed by atoms with Gasteiger partial charge in [-0.25, -0.2) is 0 Å². The van der Waals surface area contributed by atoms with Crippen LogP contribution < -0.4 is 9.47 Å². The molecule has 2 heterocycles. The number of aromatic nitrogens is 2. The minimum atomic E-state index is -0.186. The number of aryl methyl sites for hydroxylation is 2. The third kappa shape index (κ3) is 7.02. The van der Waals surface area contributed by atoms with Crippen molar-refractivity contribution in [3.63, 3.8) is 0 Å². The van der Waals surface area contributed by atoms with Crippen molar-refractivity contribution in [3.05, 3.63) is 181 Å². The van der Waals surface area contributed by atoms with Crippen LogP contribution in [0, 0.1) is 25.2 Å². The van der Waals surface area contributed by atoms with Crippen LogP contribution in [0.15, 0.2) is 170 Å². The van der Waals surface area contributed by atoms with E-state index in [1.165, 1.54) is 0 Å². The third-order valence-corrected chi connectivity index (χ3v) is 12.6. The lowest BCUT2D eigenvalue weighted by Crippen LogP contribution is -2.32. The fourth-order valence-corrected chi connectivity index (χ4v) is 9.19. The van der Waals surface area contributed by atoms with Gasteiger partial charge in [0.1, 0.15) is 23.0 Å². The first kappa shape index (κ1) is 39.7. The number of phenols is 2. The summed E-state index contributed by atoms with van der Waals surface area (Å²) in [6.45, 7) is 11.5. The van der Waals surface area contributed by atoms with E-state index in [2.05, 4.69) is 117 Å². The lowest BCUT2D eigenvalue weighted by atomic mass is 9.82.